The molecule has 1 aliphatic heterocycles. The molecule has 5 N–H and O–H groups in total. The van der Waals surface area contributed by atoms with Crippen LogP contribution >= 0.6 is 11.8 Å². The van der Waals surface area contributed by atoms with E-state index in [1.54, 1.807) is 0 Å². The van der Waals surface area contributed by atoms with Gasteiger partial charge in [0.1, 0.15) is 5.04 Å². The summed E-state index contributed by atoms with van der Waals surface area (Å²) in [6.07, 6.45) is 0. The standard InChI is InChI=1S/C17H19F2N5OS/c1-7(8(2)20)12-13-15(26-16(12)21)17(24-23-13)22-6-9-4-10(18)14(25-3)11(19)5-9/h4-5,8,21H,6,20H2,1-3H3,(H2,22,23,24)/b12-7-,21-16?. The van der Waals surface area contributed by atoms with Crippen molar-refractivity contribution in [2.24, 2.45) is 5.73 Å². The van der Waals surface area contributed by atoms with E-state index in [0.29, 0.717) is 16.4 Å². The fourth-order valence-corrected chi connectivity index (χ4v) is 3.72. The zero-order valence-electron chi connectivity index (χ0n) is 14.5. The number of halogens is 2. The Labute approximate surface area is 153 Å². The lowest BCUT2D eigenvalue weighted by atomic mass is 10.0. The summed E-state index contributed by atoms with van der Waals surface area (Å²) in [6.45, 7) is 3.93. The number of rotatable bonds is 5. The number of aromatic amines is 1. The first-order valence-corrected chi connectivity index (χ1v) is 8.72. The average molecular weight is 379 g/mol. The lowest BCUT2D eigenvalue weighted by molar-refractivity contribution is 0.359. The van der Waals surface area contributed by atoms with Gasteiger partial charge in [0, 0.05) is 18.2 Å². The quantitative estimate of drug-likeness (QED) is 0.637. The molecule has 1 aliphatic rings. The summed E-state index contributed by atoms with van der Waals surface area (Å²) < 4.78 is 32.3. The van der Waals surface area contributed by atoms with Gasteiger partial charge in [-0.15, -0.1) is 0 Å². The van der Waals surface area contributed by atoms with Crippen molar-refractivity contribution in [1.29, 1.82) is 5.41 Å². The predicted molar refractivity (Wildman–Crippen MR) is 98.7 cm³/mol. The maximum absolute atomic E-state index is 13.8. The highest BCUT2D eigenvalue weighted by Gasteiger charge is 2.30. The molecular weight excluding hydrogens is 360 g/mol. The zero-order valence-corrected chi connectivity index (χ0v) is 15.4. The second kappa shape index (κ2) is 7.08. The van der Waals surface area contributed by atoms with E-state index < -0.39 is 17.4 Å². The molecule has 1 aromatic carbocycles. The summed E-state index contributed by atoms with van der Waals surface area (Å²) in [5, 5.41) is 18.8. The molecule has 0 radical (unpaired) electrons. The molecule has 6 nitrogen and oxygen atoms in total. The molecule has 1 unspecified atom stereocenters. The van der Waals surface area contributed by atoms with E-state index in [1.807, 2.05) is 13.8 Å². The molecule has 0 spiro atoms. The predicted octanol–water partition coefficient (Wildman–Crippen LogP) is 3.51. The number of thioether (sulfide) groups is 1. The number of anilines is 1. The van der Waals surface area contributed by atoms with Crippen molar-refractivity contribution >= 4 is 28.2 Å². The minimum Gasteiger partial charge on any atom is -0.491 e. The van der Waals surface area contributed by atoms with Gasteiger partial charge in [0.15, 0.2) is 23.2 Å². The van der Waals surface area contributed by atoms with E-state index in [-0.39, 0.29) is 12.6 Å². The fraction of sp³-hybridized carbons (Fsp3) is 0.294. The number of hydrogen-bond donors (Lipinski definition) is 4. The minimum absolute atomic E-state index is 0.175. The molecule has 0 bridgehead atoms. The molecule has 2 aromatic rings. The highest BCUT2D eigenvalue weighted by molar-refractivity contribution is 8.15. The van der Waals surface area contributed by atoms with Gasteiger partial charge in [-0.1, -0.05) is 11.8 Å². The summed E-state index contributed by atoms with van der Waals surface area (Å²) in [5.41, 5.74) is 8.74. The third-order valence-corrected chi connectivity index (χ3v) is 5.21. The smallest absolute Gasteiger partial charge is 0.190 e. The molecule has 1 aromatic heterocycles. The Bertz CT molecular complexity index is 884. The first kappa shape index (κ1) is 18.4. The molecule has 0 aliphatic carbocycles. The van der Waals surface area contributed by atoms with Crippen LogP contribution in [0.5, 0.6) is 5.75 Å². The number of nitrogens with two attached hydrogens (primary N) is 1. The van der Waals surface area contributed by atoms with Crippen molar-refractivity contribution in [2.75, 3.05) is 12.4 Å². The molecular formula is C17H19F2N5OS. The Balaban J connectivity index is 1.84. The van der Waals surface area contributed by atoms with Crippen LogP contribution in [0.25, 0.3) is 5.57 Å². The van der Waals surface area contributed by atoms with Crippen LogP contribution < -0.4 is 15.8 Å². The van der Waals surface area contributed by atoms with Crippen LogP contribution in [0.2, 0.25) is 0 Å². The maximum atomic E-state index is 13.8. The van der Waals surface area contributed by atoms with Crippen LogP contribution in [0.1, 0.15) is 25.1 Å². The van der Waals surface area contributed by atoms with Crippen LogP contribution in [0.4, 0.5) is 14.6 Å². The van der Waals surface area contributed by atoms with Crippen LogP contribution in [-0.2, 0) is 6.54 Å². The van der Waals surface area contributed by atoms with Crippen LogP contribution in [-0.4, -0.2) is 28.4 Å². The Hall–Kier alpha value is -2.39. The molecule has 2 heterocycles. The van der Waals surface area contributed by atoms with Gasteiger partial charge in [-0.3, -0.25) is 10.5 Å². The molecule has 0 saturated carbocycles. The van der Waals surface area contributed by atoms with Gasteiger partial charge in [-0.2, -0.15) is 5.10 Å². The lowest BCUT2D eigenvalue weighted by Gasteiger charge is -2.09. The number of ether oxygens (including phenoxy) is 1. The molecule has 26 heavy (non-hydrogen) atoms. The number of nitrogens with zero attached hydrogens (tertiary/aromatic N) is 1. The number of H-pyrrole nitrogens is 1. The summed E-state index contributed by atoms with van der Waals surface area (Å²) >= 11 is 1.27. The monoisotopic (exact) mass is 379 g/mol. The number of nitrogens with one attached hydrogen (secondary N) is 3. The zero-order chi connectivity index (χ0) is 19.0. The van der Waals surface area contributed by atoms with Gasteiger partial charge < -0.3 is 15.8 Å². The number of hydrogen-bond acceptors (Lipinski definition) is 6. The van der Waals surface area contributed by atoms with Gasteiger partial charge in [-0.05, 0) is 37.1 Å². The fourth-order valence-electron chi connectivity index (χ4n) is 2.69. The van der Waals surface area contributed by atoms with Crippen molar-refractivity contribution in [1.82, 2.24) is 10.2 Å². The first-order valence-electron chi connectivity index (χ1n) is 7.91. The van der Waals surface area contributed by atoms with E-state index >= 15 is 0 Å². The number of benzene rings is 1. The van der Waals surface area contributed by atoms with Crippen molar-refractivity contribution in [3.8, 4) is 5.75 Å². The van der Waals surface area contributed by atoms with Crippen LogP contribution in [0, 0.1) is 17.0 Å². The topological polar surface area (TPSA) is 99.8 Å². The van der Waals surface area contributed by atoms with Crippen molar-refractivity contribution in [3.63, 3.8) is 0 Å². The lowest BCUT2D eigenvalue weighted by Crippen LogP contribution is -2.18. The molecule has 1 atom stereocenters. The second-order valence-corrected chi connectivity index (χ2v) is 7.02. The third kappa shape index (κ3) is 3.19. The molecule has 138 valence electrons. The van der Waals surface area contributed by atoms with Gasteiger partial charge >= 0.3 is 0 Å². The summed E-state index contributed by atoms with van der Waals surface area (Å²) in [5.74, 6) is -1.39. The van der Waals surface area contributed by atoms with Gasteiger partial charge in [0.05, 0.1) is 17.7 Å². The van der Waals surface area contributed by atoms with Gasteiger partial charge in [0.25, 0.3) is 0 Å². The van der Waals surface area contributed by atoms with Crippen molar-refractivity contribution < 1.29 is 13.5 Å². The highest BCUT2D eigenvalue weighted by atomic mass is 32.2. The number of aromatic nitrogens is 2. The number of fused-ring (bicyclic) bond motifs is 1. The highest BCUT2D eigenvalue weighted by Crippen LogP contribution is 2.45. The van der Waals surface area contributed by atoms with Crippen LogP contribution in [0.15, 0.2) is 22.6 Å². The SMILES string of the molecule is COc1c(F)cc(CNc2n[nH]c3c2SC(=N)/C3=C(/C)C(C)N)cc1F. The van der Waals surface area contributed by atoms with Crippen LogP contribution in [0.3, 0.4) is 0 Å². The molecule has 0 amide bonds. The Kier molecular flexibility index (Phi) is 5.01. The Morgan fingerprint density at radius 1 is 1.42 bits per heavy atom. The van der Waals surface area contributed by atoms with E-state index in [2.05, 4.69) is 20.3 Å². The van der Waals surface area contributed by atoms with Crippen molar-refractivity contribution in [2.45, 2.75) is 31.3 Å². The van der Waals surface area contributed by atoms with Crippen molar-refractivity contribution in [3.05, 3.63) is 40.6 Å². The molecule has 3 rings (SSSR count). The molecule has 0 fully saturated rings. The Morgan fingerprint density at radius 2 is 2.08 bits per heavy atom. The van der Waals surface area contributed by atoms with E-state index in [1.165, 1.54) is 31.0 Å². The van der Waals surface area contributed by atoms with E-state index in [4.69, 9.17) is 11.1 Å². The summed E-state index contributed by atoms with van der Waals surface area (Å²) in [4.78, 5) is 0.777. The first-order chi connectivity index (χ1) is 12.3. The van der Waals surface area contributed by atoms with Gasteiger partial charge in [-0.25, -0.2) is 8.78 Å². The maximum Gasteiger partial charge on any atom is 0.190 e. The Morgan fingerprint density at radius 3 is 2.65 bits per heavy atom. The van der Waals surface area contributed by atoms with E-state index in [9.17, 15) is 8.78 Å². The normalized spacial score (nSPS) is 16.5. The third-order valence-electron chi connectivity index (χ3n) is 4.20. The summed E-state index contributed by atoms with van der Waals surface area (Å²) in [7, 11) is 1.22. The second-order valence-electron chi connectivity index (χ2n) is 6.00. The number of methoxy groups -OCH3 is 1. The average Bonchev–Trinajstić information content (AvgIpc) is 3.09. The van der Waals surface area contributed by atoms with Gasteiger partial charge in [0.2, 0.25) is 0 Å². The molecule has 9 heteroatoms. The minimum atomic E-state index is -0.759. The van der Waals surface area contributed by atoms with E-state index in [0.717, 1.165) is 21.7 Å². The largest absolute Gasteiger partial charge is 0.491 e. The summed E-state index contributed by atoms with van der Waals surface area (Å²) in [6, 6.07) is 2.24. The molecule has 0 saturated heterocycles.